The zero-order chi connectivity index (χ0) is 17.6. The van der Waals surface area contributed by atoms with E-state index in [4.69, 9.17) is 0 Å². The fourth-order valence-corrected chi connectivity index (χ4v) is 2.51. The van der Waals surface area contributed by atoms with E-state index < -0.39 is 0 Å². The highest BCUT2D eigenvalue weighted by Gasteiger charge is 2.11. The lowest BCUT2D eigenvalue weighted by molar-refractivity contribution is 0.0956. The van der Waals surface area contributed by atoms with Crippen molar-refractivity contribution in [3.63, 3.8) is 0 Å². The van der Waals surface area contributed by atoms with Crippen molar-refractivity contribution in [3.8, 4) is 0 Å². The van der Waals surface area contributed by atoms with Gasteiger partial charge in [-0.25, -0.2) is 5.43 Å². The summed E-state index contributed by atoms with van der Waals surface area (Å²) in [6, 6.07) is 19.3. The van der Waals surface area contributed by atoms with Crippen molar-refractivity contribution >= 4 is 28.6 Å². The Kier molecular flexibility index (Phi) is 5.00. The third-order valence-electron chi connectivity index (χ3n) is 3.74. The van der Waals surface area contributed by atoms with E-state index in [0.717, 1.165) is 22.2 Å². The van der Waals surface area contributed by atoms with E-state index >= 15 is 0 Å². The van der Waals surface area contributed by atoms with Gasteiger partial charge in [-0.15, -0.1) is 0 Å². The summed E-state index contributed by atoms with van der Waals surface area (Å²) in [4.78, 5) is 17.0. The first-order valence-corrected chi connectivity index (χ1v) is 8.07. The molecule has 0 saturated heterocycles. The van der Waals surface area contributed by atoms with Gasteiger partial charge in [0.2, 0.25) is 0 Å². The Morgan fingerprint density at radius 3 is 2.60 bits per heavy atom. The van der Waals surface area contributed by atoms with Crippen LogP contribution < -0.4 is 5.43 Å². The summed E-state index contributed by atoms with van der Waals surface area (Å²) >= 11 is 0. The lowest BCUT2D eigenvalue weighted by Gasteiger charge is -2.06. The molecule has 0 aliphatic heterocycles. The molecule has 0 spiro atoms. The minimum Gasteiger partial charge on any atom is -0.267 e. The first kappa shape index (κ1) is 16.6. The smallest absolute Gasteiger partial charge is 0.267 e. The van der Waals surface area contributed by atoms with Gasteiger partial charge in [0, 0.05) is 11.1 Å². The van der Waals surface area contributed by atoms with Crippen LogP contribution in [0.15, 0.2) is 71.8 Å². The van der Waals surface area contributed by atoms with Crippen LogP contribution in [-0.2, 0) is 0 Å². The number of hydrogen-bond acceptors (Lipinski definition) is 3. The van der Waals surface area contributed by atoms with E-state index in [1.807, 2.05) is 80.6 Å². The number of fused-ring (bicyclic) bond motifs is 1. The molecule has 3 aromatic rings. The number of rotatable bonds is 4. The molecule has 2 aromatic carbocycles. The Hall–Kier alpha value is -3.27. The number of aromatic nitrogens is 1. The number of allylic oxidation sites excluding steroid dienone is 1. The third-order valence-corrected chi connectivity index (χ3v) is 3.74. The summed E-state index contributed by atoms with van der Waals surface area (Å²) in [5.74, 6) is -0.242. The molecular formula is C21H19N3O. The molecule has 0 aliphatic carbocycles. The molecule has 3 rings (SSSR count). The summed E-state index contributed by atoms with van der Waals surface area (Å²) in [5, 5.41) is 4.98. The van der Waals surface area contributed by atoms with Crippen LogP contribution in [0.25, 0.3) is 17.0 Å². The topological polar surface area (TPSA) is 54.4 Å². The maximum Gasteiger partial charge on any atom is 0.272 e. The Balaban J connectivity index is 1.77. The molecule has 0 unspecified atom stereocenters. The van der Waals surface area contributed by atoms with Gasteiger partial charge in [0.05, 0.1) is 16.8 Å². The lowest BCUT2D eigenvalue weighted by Crippen LogP contribution is -2.19. The highest BCUT2D eigenvalue weighted by molar-refractivity contribution is 6.07. The van der Waals surface area contributed by atoms with Crippen molar-refractivity contribution < 1.29 is 4.79 Å². The number of nitrogens with zero attached hydrogens (tertiary/aromatic N) is 2. The predicted molar refractivity (Wildman–Crippen MR) is 103 cm³/mol. The second-order valence-corrected chi connectivity index (χ2v) is 5.77. The molecule has 124 valence electrons. The van der Waals surface area contributed by atoms with Gasteiger partial charge < -0.3 is 0 Å². The zero-order valence-electron chi connectivity index (χ0n) is 14.2. The number of carbonyl (C=O) groups excluding carboxylic acids is 1. The van der Waals surface area contributed by atoms with Gasteiger partial charge in [0.15, 0.2) is 0 Å². The van der Waals surface area contributed by atoms with Gasteiger partial charge in [0.1, 0.15) is 0 Å². The molecule has 25 heavy (non-hydrogen) atoms. The molecule has 4 nitrogen and oxygen atoms in total. The van der Waals surface area contributed by atoms with Crippen molar-refractivity contribution in [1.29, 1.82) is 0 Å². The molecule has 1 heterocycles. The number of pyridine rings is 1. The SMILES string of the molecule is CC(/C=C\c1ccccc1)=N/NC(=O)c1cc(C)nc2ccccc12. The highest BCUT2D eigenvalue weighted by atomic mass is 16.2. The number of nitrogens with one attached hydrogen (secondary N) is 1. The fourth-order valence-electron chi connectivity index (χ4n) is 2.51. The summed E-state index contributed by atoms with van der Waals surface area (Å²) in [5.41, 5.74) is 6.60. The maximum atomic E-state index is 12.5. The van der Waals surface area contributed by atoms with Gasteiger partial charge in [0.25, 0.3) is 5.91 Å². The largest absolute Gasteiger partial charge is 0.272 e. The van der Waals surface area contributed by atoms with Crippen LogP contribution in [-0.4, -0.2) is 16.6 Å². The summed E-state index contributed by atoms with van der Waals surface area (Å²) in [7, 11) is 0. The average Bonchev–Trinajstić information content (AvgIpc) is 2.64. The van der Waals surface area contributed by atoms with Crippen LogP contribution in [0.2, 0.25) is 0 Å². The van der Waals surface area contributed by atoms with Gasteiger partial charge in [-0.2, -0.15) is 5.10 Å². The van der Waals surface area contributed by atoms with Crippen LogP contribution in [0.3, 0.4) is 0 Å². The first-order valence-electron chi connectivity index (χ1n) is 8.07. The Labute approximate surface area is 146 Å². The van der Waals surface area contributed by atoms with Crippen LogP contribution in [0.4, 0.5) is 0 Å². The van der Waals surface area contributed by atoms with Crippen molar-refractivity contribution in [2.24, 2.45) is 5.10 Å². The number of benzene rings is 2. The second-order valence-electron chi connectivity index (χ2n) is 5.77. The minimum absolute atomic E-state index is 0.242. The monoisotopic (exact) mass is 329 g/mol. The normalized spacial score (nSPS) is 11.8. The zero-order valence-corrected chi connectivity index (χ0v) is 14.2. The molecule has 0 atom stereocenters. The number of hydrazone groups is 1. The maximum absolute atomic E-state index is 12.5. The Morgan fingerprint density at radius 1 is 1.08 bits per heavy atom. The molecule has 0 radical (unpaired) electrons. The van der Waals surface area contributed by atoms with Crippen molar-refractivity contribution in [3.05, 3.63) is 83.6 Å². The van der Waals surface area contributed by atoms with Crippen molar-refractivity contribution in [2.45, 2.75) is 13.8 Å². The van der Waals surface area contributed by atoms with Gasteiger partial charge >= 0.3 is 0 Å². The van der Waals surface area contributed by atoms with Gasteiger partial charge in [-0.3, -0.25) is 9.78 Å². The first-order chi connectivity index (χ1) is 12.1. The highest BCUT2D eigenvalue weighted by Crippen LogP contribution is 2.18. The number of aryl methyl sites for hydroxylation is 1. The van der Waals surface area contributed by atoms with Crippen molar-refractivity contribution in [1.82, 2.24) is 10.4 Å². The molecule has 4 heteroatoms. The summed E-state index contributed by atoms with van der Waals surface area (Å²) < 4.78 is 0. The van der Waals surface area contributed by atoms with E-state index in [2.05, 4.69) is 15.5 Å². The number of para-hydroxylation sites is 1. The minimum atomic E-state index is -0.242. The number of carbonyl (C=O) groups is 1. The van der Waals surface area contributed by atoms with E-state index in [-0.39, 0.29) is 5.91 Å². The van der Waals surface area contributed by atoms with E-state index in [9.17, 15) is 4.79 Å². The standard InChI is InChI=1S/C21H19N3O/c1-15(12-13-17-8-4-3-5-9-17)23-24-21(25)19-14-16(2)22-20-11-7-6-10-18(19)20/h3-14H,1-2H3,(H,24,25)/b13-12-,23-15-. The van der Waals surface area contributed by atoms with Gasteiger partial charge in [-0.05, 0) is 37.6 Å². The van der Waals surface area contributed by atoms with E-state index in [0.29, 0.717) is 11.3 Å². The number of hydrogen-bond donors (Lipinski definition) is 1. The predicted octanol–water partition coefficient (Wildman–Crippen LogP) is 4.36. The van der Waals surface area contributed by atoms with Crippen LogP contribution >= 0.6 is 0 Å². The third kappa shape index (κ3) is 4.18. The molecule has 1 aromatic heterocycles. The quantitative estimate of drug-likeness (QED) is 0.571. The lowest BCUT2D eigenvalue weighted by atomic mass is 10.1. The summed E-state index contributed by atoms with van der Waals surface area (Å²) in [6.07, 6.45) is 3.82. The molecule has 0 aliphatic rings. The Bertz CT molecular complexity index is 959. The molecule has 0 fully saturated rings. The second kappa shape index (κ2) is 7.53. The average molecular weight is 329 g/mol. The Morgan fingerprint density at radius 2 is 1.80 bits per heavy atom. The number of amides is 1. The van der Waals surface area contributed by atoms with E-state index in [1.165, 1.54) is 0 Å². The molecule has 1 N–H and O–H groups in total. The van der Waals surface area contributed by atoms with Crippen LogP contribution in [0, 0.1) is 6.92 Å². The van der Waals surface area contributed by atoms with E-state index in [1.54, 1.807) is 6.07 Å². The van der Waals surface area contributed by atoms with Crippen LogP contribution in [0.1, 0.15) is 28.5 Å². The molecular weight excluding hydrogens is 310 g/mol. The summed E-state index contributed by atoms with van der Waals surface area (Å²) in [6.45, 7) is 3.72. The van der Waals surface area contributed by atoms with Crippen LogP contribution in [0.5, 0.6) is 0 Å². The van der Waals surface area contributed by atoms with Gasteiger partial charge in [-0.1, -0.05) is 54.6 Å². The molecule has 0 bridgehead atoms. The fraction of sp³-hybridized carbons (Fsp3) is 0.0952. The molecule has 1 amide bonds. The molecule has 0 saturated carbocycles. The van der Waals surface area contributed by atoms with Crippen molar-refractivity contribution in [2.75, 3.05) is 0 Å².